The van der Waals surface area contributed by atoms with Crippen LogP contribution in [0.5, 0.6) is 0 Å². The molecule has 0 aliphatic rings. The summed E-state index contributed by atoms with van der Waals surface area (Å²) < 4.78 is 45.6. The smallest absolute Gasteiger partial charge is 0.383 e. The molecule has 0 saturated heterocycles. The molecular weight excluding hydrogens is 509 g/mol. The third kappa shape index (κ3) is 4.04. The van der Waals surface area contributed by atoms with Crippen molar-refractivity contribution in [3.05, 3.63) is 70.9 Å². The van der Waals surface area contributed by atoms with Crippen LogP contribution < -0.4 is 11.5 Å². The average Bonchev–Trinajstić information content (AvgIpc) is 3.40. The number of hydrogen-bond acceptors (Lipinski definition) is 6. The Kier molecular flexibility index (Phi) is 5.63. The number of carbonyl (C=O) groups is 1. The van der Waals surface area contributed by atoms with E-state index in [2.05, 4.69) is 20.2 Å². The second kappa shape index (κ2) is 8.59. The first-order valence-electron chi connectivity index (χ1n) is 10.8. The Morgan fingerprint density at radius 2 is 1.76 bits per heavy atom. The third-order valence-corrected chi connectivity index (χ3v) is 6.11. The van der Waals surface area contributed by atoms with Gasteiger partial charge in [-0.1, -0.05) is 35.9 Å². The number of amides is 1. The lowest BCUT2D eigenvalue weighted by Crippen LogP contribution is -2.21. The number of nitrogens with two attached hydrogens (primary N) is 2. The molecule has 0 saturated carbocycles. The first-order valence-corrected chi connectivity index (χ1v) is 11.1. The summed E-state index contributed by atoms with van der Waals surface area (Å²) >= 11 is 6.28. The SMILES string of the molecule is Cc1cn(C)nc1-c1cnc(Cl)c(-n2nc(-c3cnc(N)c4ccccc34)c(C(N)=O)c2C(F)(F)F)c1. The van der Waals surface area contributed by atoms with E-state index in [1.54, 1.807) is 49.1 Å². The van der Waals surface area contributed by atoms with E-state index in [0.717, 1.165) is 5.56 Å². The summed E-state index contributed by atoms with van der Waals surface area (Å²) in [6.45, 7) is 1.80. The molecule has 37 heavy (non-hydrogen) atoms. The van der Waals surface area contributed by atoms with E-state index in [9.17, 15) is 18.0 Å². The van der Waals surface area contributed by atoms with Crippen LogP contribution in [0.25, 0.3) is 39.0 Å². The molecule has 4 heterocycles. The normalized spacial score (nSPS) is 11.8. The topological polar surface area (TPSA) is 131 Å². The Morgan fingerprint density at radius 3 is 2.38 bits per heavy atom. The Bertz CT molecular complexity index is 1710. The molecule has 4 aromatic heterocycles. The average molecular weight is 527 g/mol. The van der Waals surface area contributed by atoms with Gasteiger partial charge < -0.3 is 11.5 Å². The molecular formula is C24H18ClF3N8O. The first-order chi connectivity index (χ1) is 17.5. The number of anilines is 1. The van der Waals surface area contributed by atoms with Crippen LogP contribution in [0.1, 0.15) is 21.6 Å². The molecule has 5 aromatic rings. The van der Waals surface area contributed by atoms with Gasteiger partial charge in [0.1, 0.15) is 17.2 Å². The number of fused-ring (bicyclic) bond motifs is 1. The molecule has 0 radical (unpaired) electrons. The fourth-order valence-electron chi connectivity index (χ4n) is 4.29. The summed E-state index contributed by atoms with van der Waals surface area (Å²) in [5.74, 6) is -1.16. The van der Waals surface area contributed by atoms with Crippen molar-refractivity contribution >= 4 is 34.1 Å². The second-order valence-electron chi connectivity index (χ2n) is 8.32. The van der Waals surface area contributed by atoms with Crippen molar-refractivity contribution in [2.75, 3.05) is 5.73 Å². The number of rotatable bonds is 4. The lowest BCUT2D eigenvalue weighted by Gasteiger charge is -2.13. The molecule has 4 N–H and O–H groups in total. The Balaban J connectivity index is 1.85. The van der Waals surface area contributed by atoms with Crippen molar-refractivity contribution in [3.63, 3.8) is 0 Å². The van der Waals surface area contributed by atoms with Gasteiger partial charge in [0.15, 0.2) is 10.8 Å². The van der Waals surface area contributed by atoms with E-state index in [0.29, 0.717) is 26.7 Å². The van der Waals surface area contributed by atoms with E-state index >= 15 is 0 Å². The van der Waals surface area contributed by atoms with Crippen molar-refractivity contribution in [2.24, 2.45) is 12.8 Å². The van der Waals surface area contributed by atoms with Crippen LogP contribution in [-0.2, 0) is 13.2 Å². The van der Waals surface area contributed by atoms with Crippen molar-refractivity contribution in [1.82, 2.24) is 29.5 Å². The van der Waals surface area contributed by atoms with Crippen LogP contribution >= 0.6 is 11.6 Å². The van der Waals surface area contributed by atoms with Crippen LogP contribution in [0.2, 0.25) is 5.15 Å². The number of pyridine rings is 2. The van der Waals surface area contributed by atoms with Gasteiger partial charge in [0.2, 0.25) is 0 Å². The third-order valence-electron chi connectivity index (χ3n) is 5.82. The van der Waals surface area contributed by atoms with Gasteiger partial charge in [-0.05, 0) is 23.9 Å². The Morgan fingerprint density at radius 1 is 1.05 bits per heavy atom. The summed E-state index contributed by atoms with van der Waals surface area (Å²) in [6, 6.07) is 8.05. The summed E-state index contributed by atoms with van der Waals surface area (Å²) in [6.07, 6.45) is -0.635. The van der Waals surface area contributed by atoms with Crippen LogP contribution in [-0.4, -0.2) is 35.4 Å². The van der Waals surface area contributed by atoms with Gasteiger partial charge in [0.05, 0.1) is 11.3 Å². The number of nitrogen functional groups attached to an aromatic ring is 1. The summed E-state index contributed by atoms with van der Waals surface area (Å²) in [4.78, 5) is 20.6. The van der Waals surface area contributed by atoms with Crippen molar-refractivity contribution < 1.29 is 18.0 Å². The largest absolute Gasteiger partial charge is 0.434 e. The number of aromatic nitrogens is 6. The predicted molar refractivity (Wildman–Crippen MR) is 132 cm³/mol. The number of halogens is 4. The molecule has 0 unspecified atom stereocenters. The van der Waals surface area contributed by atoms with Crippen molar-refractivity contribution in [1.29, 1.82) is 0 Å². The van der Waals surface area contributed by atoms with Crippen molar-refractivity contribution in [2.45, 2.75) is 13.1 Å². The molecule has 0 fully saturated rings. The number of alkyl halides is 3. The Hall–Kier alpha value is -4.45. The number of benzene rings is 1. The minimum absolute atomic E-state index is 0.142. The molecule has 5 rings (SSSR count). The molecule has 9 nitrogen and oxygen atoms in total. The summed E-state index contributed by atoms with van der Waals surface area (Å²) in [5, 5.41) is 9.20. The monoisotopic (exact) mass is 526 g/mol. The molecule has 0 spiro atoms. The number of primary amides is 1. The van der Waals surface area contributed by atoms with Crippen LogP contribution in [0, 0.1) is 6.92 Å². The van der Waals surface area contributed by atoms with Crippen molar-refractivity contribution in [3.8, 4) is 28.2 Å². The van der Waals surface area contributed by atoms with E-state index in [4.69, 9.17) is 23.1 Å². The van der Waals surface area contributed by atoms with Gasteiger partial charge in [-0.15, -0.1) is 0 Å². The van der Waals surface area contributed by atoms with Crippen LogP contribution in [0.4, 0.5) is 19.0 Å². The van der Waals surface area contributed by atoms with Crippen LogP contribution in [0.3, 0.4) is 0 Å². The molecule has 0 aliphatic carbocycles. The zero-order valence-corrected chi connectivity index (χ0v) is 20.1. The molecule has 0 aliphatic heterocycles. The minimum Gasteiger partial charge on any atom is -0.383 e. The van der Waals surface area contributed by atoms with Crippen LogP contribution in [0.15, 0.2) is 48.9 Å². The zero-order chi connectivity index (χ0) is 26.6. The quantitative estimate of drug-likeness (QED) is 0.330. The highest BCUT2D eigenvalue weighted by Gasteiger charge is 2.43. The minimum atomic E-state index is -5.03. The maximum atomic E-state index is 14.5. The fraction of sp³-hybridized carbons (Fsp3) is 0.125. The van der Waals surface area contributed by atoms with Gasteiger partial charge in [-0.3, -0.25) is 9.48 Å². The fourth-order valence-corrected chi connectivity index (χ4v) is 4.47. The molecule has 1 aromatic carbocycles. The lowest BCUT2D eigenvalue weighted by molar-refractivity contribution is -0.143. The number of carbonyl (C=O) groups excluding carboxylic acids is 1. The van der Waals surface area contributed by atoms with Gasteiger partial charge in [-0.25, -0.2) is 14.6 Å². The summed E-state index contributed by atoms with van der Waals surface area (Å²) in [7, 11) is 1.71. The van der Waals surface area contributed by atoms with Gasteiger partial charge in [-0.2, -0.15) is 23.4 Å². The predicted octanol–water partition coefficient (Wildman–Crippen LogP) is 4.54. The Labute approximate surface area is 212 Å². The molecule has 13 heteroatoms. The first kappa shape index (κ1) is 24.3. The van der Waals surface area contributed by atoms with Gasteiger partial charge in [0, 0.05) is 42.2 Å². The second-order valence-corrected chi connectivity index (χ2v) is 8.68. The number of nitrogens with zero attached hydrogens (tertiary/aromatic N) is 6. The lowest BCUT2D eigenvalue weighted by atomic mass is 10.0. The molecule has 1 amide bonds. The standard InChI is InChI=1S/C24H18ClF3N8O/c1-11-10-35(2)33-18(11)12-7-16(21(25)31-8-12)36-20(24(26,27)28)17(23(30)37)19(34-36)15-9-32-22(29)14-6-4-3-5-13(14)15/h3-10H,1-2H3,(H2,29,32)(H2,30,37). The molecule has 0 atom stereocenters. The van der Waals surface area contributed by atoms with E-state index in [1.165, 1.54) is 18.5 Å². The zero-order valence-electron chi connectivity index (χ0n) is 19.4. The molecule has 0 bridgehead atoms. The summed E-state index contributed by atoms with van der Waals surface area (Å²) in [5.41, 5.74) is 10.5. The number of hydrogen-bond donors (Lipinski definition) is 2. The highest BCUT2D eigenvalue weighted by Crippen LogP contribution is 2.41. The van der Waals surface area contributed by atoms with E-state index in [1.807, 2.05) is 0 Å². The molecule has 188 valence electrons. The van der Waals surface area contributed by atoms with E-state index in [-0.39, 0.29) is 27.9 Å². The maximum Gasteiger partial charge on any atom is 0.434 e. The van der Waals surface area contributed by atoms with Gasteiger partial charge >= 0.3 is 6.18 Å². The van der Waals surface area contributed by atoms with E-state index < -0.39 is 23.3 Å². The maximum absolute atomic E-state index is 14.5. The highest BCUT2D eigenvalue weighted by molar-refractivity contribution is 6.31. The van der Waals surface area contributed by atoms with Gasteiger partial charge in [0.25, 0.3) is 5.91 Å². The number of aryl methyl sites for hydroxylation is 2. The highest BCUT2D eigenvalue weighted by atomic mass is 35.5.